The number of alkyl halides is 2. The number of carbonyl (C=O) groups is 2. The fraction of sp³-hybridized carbons (Fsp3) is 0.387. The molecule has 0 spiro atoms. The Bertz CT molecular complexity index is 1390. The maximum Gasteiger partial charge on any atom is 0.329 e. The van der Waals surface area contributed by atoms with Crippen LogP contribution in [-0.2, 0) is 4.79 Å². The van der Waals surface area contributed by atoms with Crippen LogP contribution in [0.3, 0.4) is 0 Å². The first-order chi connectivity index (χ1) is 19.6. The summed E-state index contributed by atoms with van der Waals surface area (Å²) in [4.78, 5) is 32.2. The summed E-state index contributed by atoms with van der Waals surface area (Å²) in [6, 6.07) is 14.1. The first kappa shape index (κ1) is 30.4. The van der Waals surface area contributed by atoms with Crippen LogP contribution in [0.5, 0.6) is 5.75 Å². The molecule has 1 fully saturated rings. The molecule has 0 unspecified atom stereocenters. The summed E-state index contributed by atoms with van der Waals surface area (Å²) in [5.74, 6) is -1.32. The molecular weight excluding hydrogens is 552 g/mol. The number of nitrogens with zero attached hydrogens (tertiary/aromatic N) is 2. The number of hydrogen-bond acceptors (Lipinski definition) is 5. The van der Waals surface area contributed by atoms with Crippen molar-refractivity contribution in [2.45, 2.75) is 50.5 Å². The molecule has 3 aromatic rings. The van der Waals surface area contributed by atoms with Gasteiger partial charge in [0.25, 0.3) is 12.3 Å². The Morgan fingerprint density at radius 2 is 1.80 bits per heavy atom. The second kappa shape index (κ2) is 13.4. The molecule has 7 nitrogen and oxygen atoms in total. The van der Waals surface area contributed by atoms with Gasteiger partial charge in [-0.15, -0.1) is 0 Å². The number of ether oxygens (including phenoxy) is 1. The SMILES string of the molecule is CN(C)CCCOc1cc(-c2nc(C(=O)NC3(C(=O)O)CCCCC3)ccc2-c2ccccc2C(F)F)ccc1Cl. The number of hydrogen-bond donors (Lipinski definition) is 2. The lowest BCUT2D eigenvalue weighted by molar-refractivity contribution is -0.145. The van der Waals surface area contributed by atoms with Gasteiger partial charge in [0.05, 0.1) is 17.3 Å². The Morgan fingerprint density at radius 1 is 1.07 bits per heavy atom. The Morgan fingerprint density at radius 3 is 2.49 bits per heavy atom. The number of carbonyl (C=O) groups excluding carboxylic acids is 1. The van der Waals surface area contributed by atoms with E-state index in [0.717, 1.165) is 19.4 Å². The molecule has 1 aromatic heterocycles. The minimum atomic E-state index is -2.73. The minimum Gasteiger partial charge on any atom is -0.492 e. The van der Waals surface area contributed by atoms with Crippen LogP contribution in [-0.4, -0.2) is 59.7 Å². The molecule has 2 N–H and O–H groups in total. The summed E-state index contributed by atoms with van der Waals surface area (Å²) in [5, 5.41) is 13.0. The third kappa shape index (κ3) is 7.21. The van der Waals surface area contributed by atoms with E-state index in [4.69, 9.17) is 16.3 Å². The maximum atomic E-state index is 14.0. The summed E-state index contributed by atoms with van der Waals surface area (Å²) in [7, 11) is 3.93. The number of halogens is 3. The van der Waals surface area contributed by atoms with E-state index in [0.29, 0.717) is 54.2 Å². The van der Waals surface area contributed by atoms with Gasteiger partial charge in [-0.3, -0.25) is 4.79 Å². The fourth-order valence-electron chi connectivity index (χ4n) is 5.11. The van der Waals surface area contributed by atoms with Crippen molar-refractivity contribution in [1.82, 2.24) is 15.2 Å². The molecule has 10 heteroatoms. The van der Waals surface area contributed by atoms with Crippen molar-refractivity contribution in [2.75, 3.05) is 27.2 Å². The van der Waals surface area contributed by atoms with E-state index in [-0.39, 0.29) is 22.5 Å². The highest BCUT2D eigenvalue weighted by atomic mass is 35.5. The largest absolute Gasteiger partial charge is 0.492 e. The van der Waals surface area contributed by atoms with Gasteiger partial charge in [-0.1, -0.05) is 61.2 Å². The van der Waals surface area contributed by atoms with Crippen molar-refractivity contribution in [2.24, 2.45) is 0 Å². The predicted molar refractivity (Wildman–Crippen MR) is 155 cm³/mol. The van der Waals surface area contributed by atoms with Gasteiger partial charge in [-0.25, -0.2) is 18.6 Å². The normalized spacial score (nSPS) is 14.7. The second-order valence-electron chi connectivity index (χ2n) is 10.5. The number of nitrogens with one attached hydrogen (secondary N) is 1. The number of carboxylic acid groups (broad SMARTS) is 1. The van der Waals surface area contributed by atoms with E-state index in [1.54, 1.807) is 36.4 Å². The Balaban J connectivity index is 1.77. The molecule has 1 saturated carbocycles. The lowest BCUT2D eigenvalue weighted by Gasteiger charge is -2.33. The third-order valence-electron chi connectivity index (χ3n) is 7.30. The highest BCUT2D eigenvalue weighted by molar-refractivity contribution is 6.32. The van der Waals surface area contributed by atoms with Crippen LogP contribution in [0.25, 0.3) is 22.4 Å². The number of aliphatic carboxylic acids is 1. The summed E-state index contributed by atoms with van der Waals surface area (Å²) in [6.45, 7) is 1.23. The number of amides is 1. The third-order valence-corrected chi connectivity index (χ3v) is 7.61. The maximum absolute atomic E-state index is 14.0. The van der Waals surface area contributed by atoms with E-state index in [1.165, 1.54) is 18.2 Å². The topological polar surface area (TPSA) is 91.8 Å². The van der Waals surface area contributed by atoms with Crippen molar-refractivity contribution in [3.63, 3.8) is 0 Å². The summed E-state index contributed by atoms with van der Waals surface area (Å²) < 4.78 is 33.9. The minimum absolute atomic E-state index is 0.0205. The highest BCUT2D eigenvalue weighted by Gasteiger charge is 2.41. The van der Waals surface area contributed by atoms with Crippen LogP contribution in [0.1, 0.15) is 61.0 Å². The van der Waals surface area contributed by atoms with Gasteiger partial charge >= 0.3 is 5.97 Å². The molecule has 0 saturated heterocycles. The highest BCUT2D eigenvalue weighted by Crippen LogP contribution is 2.39. The lowest BCUT2D eigenvalue weighted by atomic mass is 9.81. The Hall–Kier alpha value is -3.56. The van der Waals surface area contributed by atoms with Crippen molar-refractivity contribution in [3.05, 3.63) is 70.9 Å². The van der Waals surface area contributed by atoms with Gasteiger partial charge in [-0.05, 0) is 63.2 Å². The van der Waals surface area contributed by atoms with Crippen LogP contribution in [0.2, 0.25) is 5.02 Å². The van der Waals surface area contributed by atoms with Crippen molar-refractivity contribution < 1.29 is 28.2 Å². The number of benzene rings is 2. The molecule has 0 atom stereocenters. The van der Waals surface area contributed by atoms with Gasteiger partial charge in [-0.2, -0.15) is 0 Å². The van der Waals surface area contributed by atoms with Gasteiger partial charge in [0.15, 0.2) is 0 Å². The zero-order chi connectivity index (χ0) is 29.6. The number of aromatic nitrogens is 1. The van der Waals surface area contributed by atoms with Crippen molar-refractivity contribution in [3.8, 4) is 28.1 Å². The van der Waals surface area contributed by atoms with E-state index < -0.39 is 23.8 Å². The average Bonchev–Trinajstić information content (AvgIpc) is 2.96. The molecule has 1 heterocycles. The second-order valence-corrected chi connectivity index (χ2v) is 10.9. The first-order valence-electron chi connectivity index (χ1n) is 13.6. The molecule has 2 aromatic carbocycles. The Labute approximate surface area is 243 Å². The van der Waals surface area contributed by atoms with Crippen LogP contribution < -0.4 is 10.1 Å². The van der Waals surface area contributed by atoms with E-state index in [9.17, 15) is 23.5 Å². The quantitative estimate of drug-likeness (QED) is 0.239. The summed E-state index contributed by atoms with van der Waals surface area (Å²) in [5.41, 5.74) is -0.114. The molecule has 218 valence electrons. The van der Waals surface area contributed by atoms with E-state index in [1.807, 2.05) is 19.0 Å². The molecular formula is C31H34ClF2N3O4. The number of rotatable bonds is 11. The molecule has 0 aliphatic heterocycles. The number of carboxylic acids is 1. The summed E-state index contributed by atoms with van der Waals surface area (Å²) >= 11 is 6.41. The first-order valence-corrected chi connectivity index (χ1v) is 14.0. The van der Waals surface area contributed by atoms with Crippen LogP contribution in [0.15, 0.2) is 54.6 Å². The molecule has 0 radical (unpaired) electrons. The fourth-order valence-corrected chi connectivity index (χ4v) is 5.28. The average molecular weight is 586 g/mol. The number of pyridine rings is 1. The van der Waals surface area contributed by atoms with Crippen LogP contribution >= 0.6 is 11.6 Å². The molecule has 1 aliphatic rings. The molecule has 1 aliphatic carbocycles. The van der Waals surface area contributed by atoms with Crippen molar-refractivity contribution in [1.29, 1.82) is 0 Å². The van der Waals surface area contributed by atoms with Gasteiger partial charge in [0.2, 0.25) is 0 Å². The van der Waals surface area contributed by atoms with Gasteiger partial charge in [0, 0.05) is 23.2 Å². The zero-order valence-corrected chi connectivity index (χ0v) is 23.9. The Kier molecular flexibility index (Phi) is 9.94. The van der Waals surface area contributed by atoms with Crippen molar-refractivity contribution >= 4 is 23.5 Å². The smallest absolute Gasteiger partial charge is 0.329 e. The van der Waals surface area contributed by atoms with Gasteiger partial charge < -0.3 is 20.1 Å². The molecule has 41 heavy (non-hydrogen) atoms. The monoisotopic (exact) mass is 585 g/mol. The van der Waals surface area contributed by atoms with E-state index in [2.05, 4.69) is 10.3 Å². The molecule has 1 amide bonds. The van der Waals surface area contributed by atoms with Gasteiger partial charge in [0.1, 0.15) is 17.0 Å². The van der Waals surface area contributed by atoms with Crippen LogP contribution in [0.4, 0.5) is 8.78 Å². The molecule has 4 rings (SSSR count). The predicted octanol–water partition coefficient (Wildman–Crippen LogP) is 6.85. The zero-order valence-electron chi connectivity index (χ0n) is 23.1. The molecule has 0 bridgehead atoms. The van der Waals surface area contributed by atoms with E-state index >= 15 is 0 Å². The van der Waals surface area contributed by atoms with Crippen LogP contribution in [0, 0.1) is 0 Å². The summed E-state index contributed by atoms with van der Waals surface area (Å²) in [6.07, 6.45) is 0.970. The standard InChI is InChI=1S/C31H34ClF2N3O4/c1-37(2)17-8-18-41-26-19-20(11-13-24(26)32)27-22(21-9-4-5-10-23(21)28(33)34)12-14-25(35-27)29(38)36-31(30(39)40)15-6-3-7-16-31/h4-5,9-14,19,28H,3,6-8,15-18H2,1-2H3,(H,36,38)(H,39,40). The lowest BCUT2D eigenvalue weighted by Crippen LogP contribution is -2.55.